The maximum Gasteiger partial charge on any atom is 0.255 e. The first-order valence-corrected chi connectivity index (χ1v) is 10.0. The summed E-state index contributed by atoms with van der Waals surface area (Å²) in [7, 11) is 1.75. The van der Waals surface area contributed by atoms with E-state index >= 15 is 0 Å². The zero-order valence-electron chi connectivity index (χ0n) is 17.5. The third-order valence-electron chi connectivity index (χ3n) is 5.11. The number of likely N-dealkylation sites (N-methyl/N-ethyl adjacent to an activating group) is 1. The van der Waals surface area contributed by atoms with E-state index in [0.29, 0.717) is 46.6 Å². The Morgan fingerprint density at radius 1 is 0.969 bits per heavy atom. The van der Waals surface area contributed by atoms with Crippen molar-refractivity contribution in [3.63, 3.8) is 0 Å². The Hall–Kier alpha value is -4.40. The number of aryl methyl sites for hydroxylation is 1. The van der Waals surface area contributed by atoms with Crippen molar-refractivity contribution in [3.8, 4) is 22.8 Å². The molecule has 0 unspecified atom stereocenters. The Bertz CT molecular complexity index is 1350. The van der Waals surface area contributed by atoms with E-state index < -0.39 is 0 Å². The van der Waals surface area contributed by atoms with Crippen LogP contribution in [0.3, 0.4) is 0 Å². The highest BCUT2D eigenvalue weighted by atomic mass is 16.5. The van der Waals surface area contributed by atoms with Crippen molar-refractivity contribution in [2.45, 2.75) is 6.92 Å². The van der Waals surface area contributed by atoms with Crippen LogP contribution in [-0.4, -0.2) is 49.5 Å². The summed E-state index contributed by atoms with van der Waals surface area (Å²) in [5.74, 6) is 0.850. The molecule has 1 amide bonds. The Balaban J connectivity index is 1.42. The molecule has 0 bridgehead atoms. The van der Waals surface area contributed by atoms with Gasteiger partial charge in [-0.1, -0.05) is 17.3 Å². The van der Waals surface area contributed by atoms with Crippen LogP contribution in [-0.2, 0) is 4.79 Å². The lowest BCUT2D eigenvalue weighted by Gasteiger charge is -2.08. The molecule has 5 rings (SSSR count). The van der Waals surface area contributed by atoms with Gasteiger partial charge in [-0.05, 0) is 37.3 Å². The van der Waals surface area contributed by atoms with Gasteiger partial charge in [0.1, 0.15) is 11.4 Å². The summed E-state index contributed by atoms with van der Waals surface area (Å²) in [5.41, 5.74) is 4.63. The Kier molecular flexibility index (Phi) is 4.91. The van der Waals surface area contributed by atoms with Crippen molar-refractivity contribution in [1.29, 1.82) is 0 Å². The number of hydrogen-bond donors (Lipinski definition) is 1. The number of amides is 1. The second-order valence-electron chi connectivity index (χ2n) is 7.31. The smallest absolute Gasteiger partial charge is 0.255 e. The van der Waals surface area contributed by atoms with E-state index in [2.05, 4.69) is 30.4 Å². The number of aromatic nitrogens is 5. The Morgan fingerprint density at radius 3 is 2.62 bits per heavy atom. The van der Waals surface area contributed by atoms with Crippen LogP contribution < -0.4 is 5.32 Å². The molecule has 9 heteroatoms. The predicted molar refractivity (Wildman–Crippen MR) is 119 cm³/mol. The number of carbonyl (C=O) groups is 1. The largest absolute Gasteiger partial charge is 0.354 e. The minimum atomic E-state index is -0.0728. The number of nitrogens with zero attached hydrogens (tertiary/aromatic N) is 6. The lowest BCUT2D eigenvalue weighted by atomic mass is 10.1. The molecule has 0 saturated heterocycles. The Labute approximate surface area is 183 Å². The molecular weight excluding hydrogens is 406 g/mol. The van der Waals surface area contributed by atoms with Crippen LogP contribution in [0.2, 0.25) is 0 Å². The average molecular weight is 425 g/mol. The van der Waals surface area contributed by atoms with Gasteiger partial charge in [-0.2, -0.15) is 0 Å². The first-order valence-electron chi connectivity index (χ1n) is 10.0. The van der Waals surface area contributed by atoms with Crippen molar-refractivity contribution in [2.24, 2.45) is 0 Å². The second kappa shape index (κ2) is 8.03. The zero-order valence-corrected chi connectivity index (χ0v) is 17.5. The number of anilines is 2. The second-order valence-corrected chi connectivity index (χ2v) is 7.31. The molecule has 0 spiro atoms. The lowest BCUT2D eigenvalue weighted by molar-refractivity contribution is -0.122. The van der Waals surface area contributed by atoms with E-state index in [-0.39, 0.29) is 5.91 Å². The van der Waals surface area contributed by atoms with E-state index in [1.165, 1.54) is 0 Å². The fourth-order valence-electron chi connectivity index (χ4n) is 3.35. The number of nitrogens with one attached hydrogen (secondary N) is 1. The van der Waals surface area contributed by atoms with E-state index in [4.69, 9.17) is 4.52 Å². The topological polar surface area (TPSA) is 110 Å². The molecule has 0 saturated carbocycles. The van der Waals surface area contributed by atoms with Crippen molar-refractivity contribution in [3.05, 3.63) is 72.3 Å². The number of pyridine rings is 2. The summed E-state index contributed by atoms with van der Waals surface area (Å²) in [6.07, 6.45) is 5.25. The Morgan fingerprint density at radius 2 is 1.81 bits per heavy atom. The first kappa shape index (κ1) is 19.6. The molecule has 5 heterocycles. The van der Waals surface area contributed by atoms with Crippen LogP contribution >= 0.6 is 0 Å². The van der Waals surface area contributed by atoms with Crippen LogP contribution in [0.5, 0.6) is 0 Å². The van der Waals surface area contributed by atoms with Crippen molar-refractivity contribution in [1.82, 2.24) is 30.0 Å². The van der Waals surface area contributed by atoms with Gasteiger partial charge >= 0.3 is 0 Å². The van der Waals surface area contributed by atoms with Gasteiger partial charge in [0, 0.05) is 32.1 Å². The van der Waals surface area contributed by atoms with Gasteiger partial charge in [0.05, 0.1) is 28.3 Å². The highest BCUT2D eigenvalue weighted by Crippen LogP contribution is 2.27. The molecular formula is C23H19N7O2. The van der Waals surface area contributed by atoms with Gasteiger partial charge in [0.2, 0.25) is 5.95 Å². The van der Waals surface area contributed by atoms with Crippen LogP contribution in [0, 0.1) is 6.92 Å². The summed E-state index contributed by atoms with van der Waals surface area (Å²) >= 11 is 0. The highest BCUT2D eigenvalue weighted by Gasteiger charge is 2.25. The molecule has 32 heavy (non-hydrogen) atoms. The van der Waals surface area contributed by atoms with Gasteiger partial charge in [0.15, 0.2) is 5.76 Å². The van der Waals surface area contributed by atoms with Crippen LogP contribution in [0.4, 0.5) is 11.6 Å². The van der Waals surface area contributed by atoms with Gasteiger partial charge in [0.25, 0.3) is 5.91 Å². The monoisotopic (exact) mass is 425 g/mol. The van der Waals surface area contributed by atoms with E-state index in [1.807, 2.05) is 43.3 Å². The maximum atomic E-state index is 12.2. The standard InChI is InChI=1S/C23H19N7O2/c1-14-16(7-4-10-24-14)27-23-25-11-8-18(28-23)17-5-3-6-19(26-17)21-13-20(29-32-21)15-9-12-30(2)22(15)31/h3-11,13H,12H2,1-2H3,(H,25,27,28). The molecule has 0 atom stereocenters. The summed E-state index contributed by atoms with van der Waals surface area (Å²) < 4.78 is 5.48. The van der Waals surface area contributed by atoms with E-state index in [9.17, 15) is 4.79 Å². The third-order valence-corrected chi connectivity index (χ3v) is 5.11. The van der Waals surface area contributed by atoms with E-state index in [1.54, 1.807) is 36.5 Å². The molecule has 9 nitrogen and oxygen atoms in total. The lowest BCUT2D eigenvalue weighted by Crippen LogP contribution is -2.21. The SMILES string of the molecule is Cc1ncccc1Nc1nccc(-c2cccc(-c3cc(C4=CCN(C)C4=O)no3)n2)n1. The van der Waals surface area contributed by atoms with Gasteiger partial charge in [-0.3, -0.25) is 9.78 Å². The minimum absolute atomic E-state index is 0.0728. The normalized spacial score (nSPS) is 13.4. The summed E-state index contributed by atoms with van der Waals surface area (Å²) in [6, 6.07) is 12.8. The molecule has 1 N–H and O–H groups in total. The molecule has 1 aliphatic heterocycles. The number of rotatable bonds is 5. The molecule has 0 aliphatic carbocycles. The van der Waals surface area contributed by atoms with Gasteiger partial charge < -0.3 is 14.7 Å². The van der Waals surface area contributed by atoms with Crippen LogP contribution in [0.1, 0.15) is 11.4 Å². The first-order chi connectivity index (χ1) is 15.6. The molecule has 1 aliphatic rings. The summed E-state index contributed by atoms with van der Waals surface area (Å²) in [6.45, 7) is 2.48. The van der Waals surface area contributed by atoms with Crippen molar-refractivity contribution in [2.75, 3.05) is 18.9 Å². The quantitative estimate of drug-likeness (QED) is 0.517. The maximum absolute atomic E-state index is 12.2. The minimum Gasteiger partial charge on any atom is -0.354 e. The van der Waals surface area contributed by atoms with Gasteiger partial charge in [-0.25, -0.2) is 15.0 Å². The molecule has 0 aromatic carbocycles. The predicted octanol–water partition coefficient (Wildman–Crippen LogP) is 3.50. The molecule has 0 fully saturated rings. The van der Waals surface area contributed by atoms with Gasteiger partial charge in [-0.15, -0.1) is 0 Å². The molecule has 4 aromatic rings. The van der Waals surface area contributed by atoms with Crippen LogP contribution in [0.15, 0.2) is 65.5 Å². The highest BCUT2D eigenvalue weighted by molar-refractivity contribution is 6.20. The van der Waals surface area contributed by atoms with Crippen molar-refractivity contribution < 1.29 is 9.32 Å². The zero-order chi connectivity index (χ0) is 22.1. The third kappa shape index (κ3) is 3.71. The van der Waals surface area contributed by atoms with Crippen LogP contribution in [0.25, 0.3) is 28.4 Å². The van der Waals surface area contributed by atoms with Crippen molar-refractivity contribution >= 4 is 23.1 Å². The number of carbonyl (C=O) groups excluding carboxylic acids is 1. The summed E-state index contributed by atoms with van der Waals surface area (Å²) in [4.78, 5) is 31.6. The average Bonchev–Trinajstić information content (AvgIpc) is 3.43. The molecule has 4 aromatic heterocycles. The van der Waals surface area contributed by atoms with E-state index in [0.717, 1.165) is 11.4 Å². The molecule has 158 valence electrons. The fourth-order valence-corrected chi connectivity index (χ4v) is 3.35. The summed E-state index contributed by atoms with van der Waals surface area (Å²) in [5, 5.41) is 7.25. The number of hydrogen-bond acceptors (Lipinski definition) is 8. The molecule has 0 radical (unpaired) electrons. The fraction of sp³-hybridized carbons (Fsp3) is 0.130.